The molecule has 0 aromatic heterocycles. The molecule has 1 saturated heterocycles. The van der Waals surface area contributed by atoms with Crippen LogP contribution in [-0.4, -0.2) is 77.6 Å². The quantitative estimate of drug-likeness (QED) is 0.520. The highest BCUT2D eigenvalue weighted by Crippen LogP contribution is 2.47. The maximum atomic E-state index is 13.6. The van der Waals surface area contributed by atoms with Crippen molar-refractivity contribution in [3.05, 3.63) is 41.5 Å². The Hall–Kier alpha value is -2.42. The summed E-state index contributed by atoms with van der Waals surface area (Å²) in [6.45, 7) is 1.02. The van der Waals surface area contributed by atoms with E-state index in [9.17, 15) is 19.8 Å². The van der Waals surface area contributed by atoms with E-state index in [0.29, 0.717) is 36.8 Å². The van der Waals surface area contributed by atoms with Gasteiger partial charge >= 0.3 is 0 Å². The van der Waals surface area contributed by atoms with E-state index < -0.39 is 24.2 Å². The van der Waals surface area contributed by atoms with Crippen LogP contribution in [0.5, 0.6) is 5.75 Å². The minimum absolute atomic E-state index is 0.00298. The van der Waals surface area contributed by atoms with Crippen LogP contribution in [0.2, 0.25) is 0 Å². The zero-order valence-electron chi connectivity index (χ0n) is 20.1. The molecule has 1 saturated carbocycles. The summed E-state index contributed by atoms with van der Waals surface area (Å²) in [5.74, 6) is 0.256. The minimum atomic E-state index is -0.990. The van der Waals surface area contributed by atoms with E-state index in [-0.39, 0.29) is 31.1 Å². The molecule has 8 nitrogen and oxygen atoms in total. The van der Waals surface area contributed by atoms with Crippen LogP contribution in [0.25, 0.3) is 0 Å². The molecule has 1 aromatic rings. The smallest absolute Gasteiger partial charge is 0.247 e. The topological polar surface area (TPSA) is 108 Å². The molecule has 0 bridgehead atoms. The number of aliphatic hydroxyl groups is 2. The van der Waals surface area contributed by atoms with Gasteiger partial charge in [-0.1, -0.05) is 31.0 Å². The summed E-state index contributed by atoms with van der Waals surface area (Å²) >= 11 is 0. The summed E-state index contributed by atoms with van der Waals surface area (Å²) in [7, 11) is 0. The Balaban J connectivity index is 1.48. The Morgan fingerprint density at radius 2 is 1.91 bits per heavy atom. The van der Waals surface area contributed by atoms with Crippen molar-refractivity contribution in [2.75, 3.05) is 26.3 Å². The maximum absolute atomic E-state index is 13.6. The summed E-state index contributed by atoms with van der Waals surface area (Å²) in [6.07, 6.45) is 6.71. The highest BCUT2D eigenvalue weighted by Gasteiger charge is 2.50. The van der Waals surface area contributed by atoms with Crippen LogP contribution >= 0.6 is 0 Å². The van der Waals surface area contributed by atoms with Crippen LogP contribution in [0.15, 0.2) is 35.9 Å². The van der Waals surface area contributed by atoms with Gasteiger partial charge in [-0.05, 0) is 43.7 Å². The first-order valence-corrected chi connectivity index (χ1v) is 13.0. The Kier molecular flexibility index (Phi) is 7.41. The normalized spacial score (nSPS) is 29.8. The van der Waals surface area contributed by atoms with Gasteiger partial charge in [0.1, 0.15) is 18.0 Å². The Labute approximate surface area is 206 Å². The third kappa shape index (κ3) is 4.97. The van der Waals surface area contributed by atoms with E-state index in [1.54, 1.807) is 11.0 Å². The number of ether oxygens (including phenoxy) is 2. The molecule has 0 unspecified atom stereocenters. The molecule has 3 N–H and O–H groups in total. The molecule has 5 rings (SSSR count). The van der Waals surface area contributed by atoms with Crippen molar-refractivity contribution in [2.45, 2.75) is 75.2 Å². The van der Waals surface area contributed by atoms with Crippen molar-refractivity contribution in [3.63, 3.8) is 0 Å². The lowest BCUT2D eigenvalue weighted by Gasteiger charge is -2.41. The first kappa shape index (κ1) is 24.3. The first-order valence-electron chi connectivity index (χ1n) is 13.0. The lowest BCUT2D eigenvalue weighted by Crippen LogP contribution is -2.57. The Bertz CT molecular complexity index is 953. The van der Waals surface area contributed by atoms with Gasteiger partial charge in [-0.2, -0.15) is 0 Å². The van der Waals surface area contributed by atoms with Crippen LogP contribution in [0.3, 0.4) is 0 Å². The largest absolute Gasteiger partial charge is 0.486 e. The van der Waals surface area contributed by atoms with E-state index >= 15 is 0 Å². The third-order valence-corrected chi connectivity index (χ3v) is 7.92. The summed E-state index contributed by atoms with van der Waals surface area (Å²) in [5, 5.41) is 23.6. The zero-order valence-corrected chi connectivity index (χ0v) is 20.1. The average molecular weight is 485 g/mol. The number of carbonyl (C=O) groups is 2. The summed E-state index contributed by atoms with van der Waals surface area (Å²) in [5.41, 5.74) is 1.32. The number of aliphatic hydroxyl groups excluding tert-OH is 2. The van der Waals surface area contributed by atoms with Crippen LogP contribution < -0.4 is 10.1 Å². The first-order chi connectivity index (χ1) is 17.1. The number of nitrogens with one attached hydrogen (secondary N) is 1. The number of hydrogen-bond donors (Lipinski definition) is 3. The molecule has 4 aliphatic rings. The van der Waals surface area contributed by atoms with Gasteiger partial charge in [0.15, 0.2) is 0 Å². The number of amides is 2. The lowest BCUT2D eigenvalue weighted by atomic mass is 9.77. The van der Waals surface area contributed by atoms with E-state index in [2.05, 4.69) is 5.32 Å². The second-order valence-corrected chi connectivity index (χ2v) is 10.2. The molecule has 2 amide bonds. The average Bonchev–Trinajstić information content (AvgIpc) is 3.63. The van der Waals surface area contributed by atoms with Crippen LogP contribution in [-0.2, 0) is 14.3 Å². The molecular weight excluding hydrogens is 448 g/mol. The van der Waals surface area contributed by atoms with Gasteiger partial charge < -0.3 is 29.9 Å². The number of nitrogens with zero attached hydrogens (tertiary/aromatic N) is 1. The van der Waals surface area contributed by atoms with Gasteiger partial charge in [-0.15, -0.1) is 0 Å². The highest BCUT2D eigenvalue weighted by molar-refractivity contribution is 5.96. The van der Waals surface area contributed by atoms with Crippen molar-refractivity contribution >= 4 is 11.8 Å². The predicted molar refractivity (Wildman–Crippen MR) is 129 cm³/mol. The molecule has 190 valence electrons. The SMILES string of the molecule is O=C(NCCO)C1=C[C@@H](N(C[C@@H]2CCCO2)C(=O)CC2CCCC2)[C@H](O)[C@H]2Oc3ccccc3[C@@H]12. The van der Waals surface area contributed by atoms with Crippen LogP contribution in [0, 0.1) is 5.92 Å². The number of para-hydroxylation sites is 1. The number of benzene rings is 1. The van der Waals surface area contributed by atoms with Gasteiger partial charge in [-0.25, -0.2) is 0 Å². The van der Waals surface area contributed by atoms with Crippen molar-refractivity contribution in [3.8, 4) is 5.75 Å². The van der Waals surface area contributed by atoms with Crippen molar-refractivity contribution in [1.82, 2.24) is 10.2 Å². The molecule has 2 heterocycles. The molecule has 2 aliphatic carbocycles. The van der Waals surface area contributed by atoms with E-state index in [0.717, 1.165) is 44.1 Å². The fraction of sp³-hybridized carbons (Fsp3) is 0.630. The molecule has 0 spiro atoms. The van der Waals surface area contributed by atoms with E-state index in [1.165, 1.54) is 0 Å². The fourth-order valence-corrected chi connectivity index (χ4v) is 6.17. The van der Waals surface area contributed by atoms with E-state index in [4.69, 9.17) is 9.47 Å². The standard InChI is InChI=1S/C27H36N2O6/c30-12-11-28-27(33)20-15-21(25(32)26-24(20)19-9-3-4-10-22(19)35-26)29(16-18-8-5-13-34-18)23(31)14-17-6-1-2-7-17/h3-4,9-10,15,17-18,21,24-26,30,32H,1-2,5-8,11-14,16H2,(H,28,33)/t18-,21+,24-,25-,26-/m0/s1. The summed E-state index contributed by atoms with van der Waals surface area (Å²) < 4.78 is 12.0. The molecule has 35 heavy (non-hydrogen) atoms. The van der Waals surface area contributed by atoms with Crippen molar-refractivity contribution in [2.24, 2.45) is 5.92 Å². The second kappa shape index (κ2) is 10.7. The monoisotopic (exact) mass is 484 g/mol. The van der Waals surface area contributed by atoms with Gasteiger partial charge in [-0.3, -0.25) is 9.59 Å². The molecular formula is C27H36N2O6. The Morgan fingerprint density at radius 1 is 1.11 bits per heavy atom. The molecule has 5 atom stereocenters. The van der Waals surface area contributed by atoms with E-state index in [1.807, 2.05) is 24.3 Å². The van der Waals surface area contributed by atoms with Gasteiger partial charge in [0.05, 0.1) is 24.7 Å². The number of carbonyl (C=O) groups excluding carboxylic acids is 2. The second-order valence-electron chi connectivity index (χ2n) is 10.2. The van der Waals surface area contributed by atoms with Crippen LogP contribution in [0.4, 0.5) is 0 Å². The number of fused-ring (bicyclic) bond motifs is 3. The molecule has 2 fully saturated rings. The van der Waals surface area contributed by atoms with Gasteiger partial charge in [0.25, 0.3) is 0 Å². The van der Waals surface area contributed by atoms with Crippen molar-refractivity contribution in [1.29, 1.82) is 0 Å². The minimum Gasteiger partial charge on any atom is -0.486 e. The summed E-state index contributed by atoms with van der Waals surface area (Å²) in [4.78, 5) is 28.6. The lowest BCUT2D eigenvalue weighted by molar-refractivity contribution is -0.140. The van der Waals surface area contributed by atoms with Crippen LogP contribution in [0.1, 0.15) is 56.4 Å². The number of rotatable bonds is 8. The molecule has 2 aliphatic heterocycles. The maximum Gasteiger partial charge on any atom is 0.247 e. The molecule has 8 heteroatoms. The molecule has 1 aromatic carbocycles. The predicted octanol–water partition coefficient (Wildman–Crippen LogP) is 1.90. The van der Waals surface area contributed by atoms with Crippen molar-refractivity contribution < 1.29 is 29.3 Å². The zero-order chi connectivity index (χ0) is 24.4. The number of hydrogen-bond acceptors (Lipinski definition) is 6. The highest BCUT2D eigenvalue weighted by atomic mass is 16.5. The Morgan fingerprint density at radius 3 is 2.66 bits per heavy atom. The van der Waals surface area contributed by atoms with Gasteiger partial charge in [0, 0.05) is 37.3 Å². The molecule has 0 radical (unpaired) electrons. The van der Waals surface area contributed by atoms with Gasteiger partial charge in [0.2, 0.25) is 11.8 Å². The fourth-order valence-electron chi connectivity index (χ4n) is 6.17. The summed E-state index contributed by atoms with van der Waals surface area (Å²) in [6, 6.07) is 6.81. The third-order valence-electron chi connectivity index (χ3n) is 7.92.